The smallest absolute Gasteiger partial charge is 0 e. The van der Waals surface area contributed by atoms with Crippen molar-refractivity contribution in [2.75, 3.05) is 0 Å². The summed E-state index contributed by atoms with van der Waals surface area (Å²) >= 11 is 3.88. The molecule has 36 valence electrons. The van der Waals surface area contributed by atoms with E-state index in [2.05, 4.69) is 15.5 Å². The van der Waals surface area contributed by atoms with Gasteiger partial charge in [0.25, 0.3) is 0 Å². The van der Waals surface area contributed by atoms with Crippen molar-refractivity contribution in [2.24, 2.45) is 0 Å². The second-order valence-electron chi connectivity index (χ2n) is 0. The van der Waals surface area contributed by atoms with Crippen molar-refractivity contribution in [2.45, 2.75) is 5.89 Å². The minimum absolute atomic E-state index is 0. The Morgan fingerprint density at radius 3 is 1.25 bits per heavy atom. The molecular weight excluding hydrogens is 190 g/mol. The standard InChI is InChI=1S/CH3.Cu.Fe.Ni/h1H3;;;. The first-order valence-corrected chi connectivity index (χ1v) is 1.30. The summed E-state index contributed by atoms with van der Waals surface area (Å²) in [7, 11) is 0. The van der Waals surface area contributed by atoms with Crippen LogP contribution in [0, 0.1) is 0 Å². The SMILES string of the molecule is [CH3][Ni].[Cu].[Fe]. The van der Waals surface area contributed by atoms with Crippen LogP contribution in [-0.2, 0) is 49.6 Å². The molecule has 0 heterocycles. The monoisotopic (exact) mass is 192 g/mol. The molecule has 0 N–H and O–H groups in total. The van der Waals surface area contributed by atoms with Gasteiger partial charge in [0.05, 0.1) is 0 Å². The predicted octanol–water partition coefficient (Wildman–Crippen LogP) is 0.576. The predicted molar refractivity (Wildman–Crippen MR) is 5.86 cm³/mol. The Hall–Kier alpha value is 1.53. The van der Waals surface area contributed by atoms with E-state index in [4.69, 9.17) is 0 Å². The van der Waals surface area contributed by atoms with Gasteiger partial charge in [0.2, 0.25) is 0 Å². The summed E-state index contributed by atoms with van der Waals surface area (Å²) < 4.78 is 0. The third kappa shape index (κ3) is 9.65. The molecule has 0 rings (SSSR count). The molecule has 0 aromatic heterocycles. The van der Waals surface area contributed by atoms with Crippen LogP contribution in [0.2, 0.25) is 5.89 Å². The minimum atomic E-state index is 0. The van der Waals surface area contributed by atoms with E-state index in [9.17, 15) is 0 Å². The quantitative estimate of drug-likeness (QED) is 0.493. The Balaban J connectivity index is -0.00000000500. The van der Waals surface area contributed by atoms with Crippen LogP contribution in [-0.4, -0.2) is 0 Å². The molecule has 0 aliphatic rings. The third-order valence-electron chi connectivity index (χ3n) is 0. The molecule has 0 bridgehead atoms. The summed E-state index contributed by atoms with van der Waals surface area (Å²) in [5, 5.41) is 0. The summed E-state index contributed by atoms with van der Waals surface area (Å²) in [6.45, 7) is 0. The van der Waals surface area contributed by atoms with Crippen LogP contribution >= 0.6 is 0 Å². The molecule has 4 heavy (non-hydrogen) atoms. The summed E-state index contributed by atoms with van der Waals surface area (Å²) in [6, 6.07) is 0. The molecule has 0 aliphatic heterocycles. The fourth-order valence-electron chi connectivity index (χ4n) is 0. The van der Waals surface area contributed by atoms with E-state index in [0.29, 0.717) is 0 Å². The van der Waals surface area contributed by atoms with E-state index in [1.165, 1.54) is 0 Å². The molecular formula is CH3CuFeNi. The normalized spacial score (nSPS) is 1.75. The molecule has 0 atom stereocenters. The van der Waals surface area contributed by atoms with E-state index in [0.717, 1.165) is 0 Å². The molecule has 0 aromatic rings. The number of rotatable bonds is 0. The van der Waals surface area contributed by atoms with E-state index in [1.54, 1.807) is 5.89 Å². The average Bonchev–Trinajstić information content (AvgIpc) is 1.00. The number of hydrogen-bond donors (Lipinski definition) is 0. The van der Waals surface area contributed by atoms with E-state index >= 15 is 0 Å². The first kappa shape index (κ1) is 17.7. The van der Waals surface area contributed by atoms with Crippen LogP contribution < -0.4 is 0 Å². The summed E-state index contributed by atoms with van der Waals surface area (Å²) in [6.07, 6.45) is 0. The van der Waals surface area contributed by atoms with Gasteiger partial charge in [0.1, 0.15) is 0 Å². The van der Waals surface area contributed by atoms with Gasteiger partial charge in [-0.3, -0.25) is 0 Å². The first-order valence-electron chi connectivity index (χ1n) is 0.316. The van der Waals surface area contributed by atoms with Crippen LogP contribution in [0.1, 0.15) is 0 Å². The van der Waals surface area contributed by atoms with Crippen LogP contribution in [0.5, 0.6) is 0 Å². The van der Waals surface area contributed by atoms with Crippen LogP contribution in [0.25, 0.3) is 0 Å². The average molecular weight is 193 g/mol. The van der Waals surface area contributed by atoms with Gasteiger partial charge in [-0.2, -0.15) is 0 Å². The fraction of sp³-hybridized carbons (Fsp3) is 1.00. The largest absolute Gasteiger partial charge is 0 e. The Bertz CT molecular complexity index is 8.00. The van der Waals surface area contributed by atoms with E-state index in [1.807, 2.05) is 0 Å². The molecule has 0 fully saturated rings. The zero-order valence-electron chi connectivity index (χ0n) is 1.97. The van der Waals surface area contributed by atoms with Crippen molar-refractivity contribution in [3.05, 3.63) is 0 Å². The summed E-state index contributed by atoms with van der Waals surface area (Å²) in [4.78, 5) is 0. The molecule has 0 aliphatic carbocycles. The molecule has 0 saturated heterocycles. The van der Waals surface area contributed by atoms with Gasteiger partial charge in [0.15, 0.2) is 0 Å². The first-order chi connectivity index (χ1) is 1.00. The molecule has 1 radical (unpaired) electrons. The Labute approximate surface area is 55.4 Å². The van der Waals surface area contributed by atoms with Gasteiger partial charge in [-0.1, -0.05) is 0 Å². The van der Waals surface area contributed by atoms with E-state index in [-0.39, 0.29) is 34.1 Å². The topological polar surface area (TPSA) is 0 Å². The maximum Gasteiger partial charge on any atom is 0 e. The van der Waals surface area contributed by atoms with Gasteiger partial charge < -0.3 is 0 Å². The van der Waals surface area contributed by atoms with Crippen molar-refractivity contribution < 1.29 is 49.6 Å². The zero-order valence-corrected chi connectivity index (χ0v) is 5.00. The molecule has 0 saturated carbocycles. The maximum atomic E-state index is 3.88. The van der Waals surface area contributed by atoms with Crippen molar-refractivity contribution in [1.82, 2.24) is 0 Å². The van der Waals surface area contributed by atoms with Gasteiger partial charge in [-0.15, -0.1) is 0 Å². The maximum absolute atomic E-state index is 3.88. The van der Waals surface area contributed by atoms with E-state index < -0.39 is 0 Å². The Morgan fingerprint density at radius 1 is 1.25 bits per heavy atom. The van der Waals surface area contributed by atoms with Gasteiger partial charge in [-0.25, -0.2) is 0 Å². The second-order valence-corrected chi connectivity index (χ2v) is 0. The van der Waals surface area contributed by atoms with Gasteiger partial charge >= 0.3 is 21.4 Å². The molecule has 0 nitrogen and oxygen atoms in total. The van der Waals surface area contributed by atoms with Crippen LogP contribution in [0.15, 0.2) is 0 Å². The second kappa shape index (κ2) is 24.1. The minimum Gasteiger partial charge on any atom is 0 e. The molecule has 0 unspecified atom stereocenters. The fourth-order valence-corrected chi connectivity index (χ4v) is 0. The Morgan fingerprint density at radius 2 is 1.25 bits per heavy atom. The summed E-state index contributed by atoms with van der Waals surface area (Å²) in [5.41, 5.74) is 0. The Kier molecular flexibility index (Phi) is 107. The zero-order chi connectivity index (χ0) is 2.00. The molecule has 0 aromatic carbocycles. The molecule has 3 heteroatoms. The number of hydrogen-bond acceptors (Lipinski definition) is 0. The van der Waals surface area contributed by atoms with Crippen molar-refractivity contribution in [1.29, 1.82) is 0 Å². The van der Waals surface area contributed by atoms with Crippen molar-refractivity contribution >= 4 is 0 Å². The molecule has 0 spiro atoms. The van der Waals surface area contributed by atoms with Crippen molar-refractivity contribution in [3.63, 3.8) is 0 Å². The summed E-state index contributed by atoms with van der Waals surface area (Å²) in [5.74, 6) is 1.62. The van der Waals surface area contributed by atoms with Crippen LogP contribution in [0.3, 0.4) is 0 Å². The third-order valence-corrected chi connectivity index (χ3v) is 0. The van der Waals surface area contributed by atoms with Gasteiger partial charge in [0, 0.05) is 34.1 Å². The molecule has 0 amide bonds. The van der Waals surface area contributed by atoms with Crippen molar-refractivity contribution in [3.8, 4) is 0 Å². The van der Waals surface area contributed by atoms with Gasteiger partial charge in [-0.05, 0) is 0 Å². The van der Waals surface area contributed by atoms with Crippen LogP contribution in [0.4, 0.5) is 0 Å².